The van der Waals surface area contributed by atoms with Gasteiger partial charge in [-0.05, 0) is 51.0 Å². The summed E-state index contributed by atoms with van der Waals surface area (Å²) in [5, 5.41) is 0. The molecule has 6 heteroatoms. The van der Waals surface area contributed by atoms with E-state index in [-0.39, 0.29) is 11.7 Å². The van der Waals surface area contributed by atoms with Crippen LogP contribution >= 0.6 is 0 Å². The molecule has 2 heterocycles. The predicted octanol–water partition coefficient (Wildman–Crippen LogP) is 4.00. The zero-order chi connectivity index (χ0) is 21.3. The monoisotopic (exact) mass is 411 g/mol. The largest absolute Gasteiger partial charge is 0.345 e. The maximum atomic E-state index is 13.4. The highest BCUT2D eigenvalue weighted by atomic mass is 19.1. The summed E-state index contributed by atoms with van der Waals surface area (Å²) in [6.45, 7) is 6.92. The third-order valence-corrected chi connectivity index (χ3v) is 6.57. The van der Waals surface area contributed by atoms with E-state index in [0.29, 0.717) is 44.3 Å². The molecular formula is C24H30FN3O2. The number of ketones is 1. The normalized spacial score (nSPS) is 18.2. The van der Waals surface area contributed by atoms with E-state index >= 15 is 0 Å². The second kappa shape index (κ2) is 8.72. The summed E-state index contributed by atoms with van der Waals surface area (Å²) >= 11 is 0. The Balaban J connectivity index is 1.36. The molecule has 1 saturated carbocycles. The van der Waals surface area contributed by atoms with Crippen LogP contribution in [0.2, 0.25) is 0 Å². The number of carbonyl (C=O) groups is 2. The van der Waals surface area contributed by atoms with Gasteiger partial charge in [-0.15, -0.1) is 0 Å². The van der Waals surface area contributed by atoms with Gasteiger partial charge in [-0.1, -0.05) is 18.9 Å². The van der Waals surface area contributed by atoms with Gasteiger partial charge in [-0.25, -0.2) is 4.39 Å². The minimum Gasteiger partial charge on any atom is -0.345 e. The molecule has 1 saturated heterocycles. The van der Waals surface area contributed by atoms with Crippen molar-refractivity contribution >= 4 is 11.7 Å². The van der Waals surface area contributed by atoms with Gasteiger partial charge in [0.25, 0.3) is 5.91 Å². The van der Waals surface area contributed by atoms with Crippen LogP contribution < -0.4 is 0 Å². The van der Waals surface area contributed by atoms with E-state index in [1.165, 1.54) is 43.5 Å². The molecule has 0 bridgehead atoms. The molecule has 0 N–H and O–H groups in total. The highest BCUT2D eigenvalue weighted by molar-refractivity contribution is 5.99. The predicted molar refractivity (Wildman–Crippen MR) is 114 cm³/mol. The fourth-order valence-corrected chi connectivity index (χ4v) is 4.99. The molecule has 0 atom stereocenters. The molecule has 4 rings (SSSR count). The molecule has 0 spiro atoms. The summed E-state index contributed by atoms with van der Waals surface area (Å²) in [4.78, 5) is 29.4. The molecule has 2 aliphatic rings. The van der Waals surface area contributed by atoms with Crippen molar-refractivity contribution in [3.05, 3.63) is 58.7 Å². The van der Waals surface area contributed by atoms with Crippen molar-refractivity contribution in [3.63, 3.8) is 0 Å². The molecule has 0 unspecified atom stereocenters. The lowest BCUT2D eigenvalue weighted by Crippen LogP contribution is -2.49. The maximum Gasteiger partial charge on any atom is 0.254 e. The molecule has 0 radical (unpaired) electrons. The summed E-state index contributed by atoms with van der Waals surface area (Å²) in [6, 6.07) is 8.38. The van der Waals surface area contributed by atoms with Gasteiger partial charge in [0, 0.05) is 54.7 Å². The van der Waals surface area contributed by atoms with Gasteiger partial charge in [-0.3, -0.25) is 14.5 Å². The lowest BCUT2D eigenvalue weighted by atomic mass is 10.1. The highest BCUT2D eigenvalue weighted by Crippen LogP contribution is 2.33. The smallest absolute Gasteiger partial charge is 0.254 e. The summed E-state index contributed by atoms with van der Waals surface area (Å²) < 4.78 is 15.8. The van der Waals surface area contributed by atoms with Gasteiger partial charge in [0.15, 0.2) is 5.78 Å². The number of rotatable bonds is 5. The first kappa shape index (κ1) is 20.8. The summed E-state index contributed by atoms with van der Waals surface area (Å²) in [6.07, 6.45) is 4.93. The average molecular weight is 412 g/mol. The van der Waals surface area contributed by atoms with Crippen LogP contribution in [0.3, 0.4) is 0 Å². The minimum atomic E-state index is -0.403. The van der Waals surface area contributed by atoms with Gasteiger partial charge < -0.3 is 9.47 Å². The first-order valence-corrected chi connectivity index (χ1v) is 10.9. The van der Waals surface area contributed by atoms with Crippen LogP contribution in [0, 0.1) is 19.7 Å². The van der Waals surface area contributed by atoms with E-state index in [9.17, 15) is 14.0 Å². The fraction of sp³-hybridized carbons (Fsp3) is 0.500. The Morgan fingerprint density at radius 3 is 2.40 bits per heavy atom. The Hall–Kier alpha value is -2.47. The van der Waals surface area contributed by atoms with Crippen LogP contribution in [0.1, 0.15) is 63.8 Å². The topological polar surface area (TPSA) is 45.6 Å². The third kappa shape index (κ3) is 4.19. The van der Waals surface area contributed by atoms with Crippen LogP contribution in [-0.4, -0.2) is 58.8 Å². The maximum absolute atomic E-state index is 13.4. The van der Waals surface area contributed by atoms with Gasteiger partial charge in [0.05, 0.1) is 6.54 Å². The lowest BCUT2D eigenvalue weighted by molar-refractivity contribution is 0.0624. The SMILES string of the molecule is Cc1cc(C(=O)CN2CCN(C(=O)c3cccc(F)c3)CC2)c(C)n1C1CCCC1. The van der Waals surface area contributed by atoms with Crippen LogP contribution in [0.4, 0.5) is 4.39 Å². The van der Waals surface area contributed by atoms with Gasteiger partial charge >= 0.3 is 0 Å². The number of carbonyl (C=O) groups excluding carboxylic acids is 2. The van der Waals surface area contributed by atoms with Crippen molar-refractivity contribution in [2.45, 2.75) is 45.6 Å². The van der Waals surface area contributed by atoms with Crippen LogP contribution in [0.25, 0.3) is 0 Å². The Morgan fingerprint density at radius 2 is 1.73 bits per heavy atom. The fourth-order valence-electron chi connectivity index (χ4n) is 4.99. The molecular weight excluding hydrogens is 381 g/mol. The number of piperazine rings is 1. The van der Waals surface area contributed by atoms with Gasteiger partial charge in [0.1, 0.15) is 5.82 Å². The third-order valence-electron chi connectivity index (χ3n) is 6.57. The number of aromatic nitrogens is 1. The molecule has 1 amide bonds. The first-order chi connectivity index (χ1) is 14.4. The van der Waals surface area contributed by atoms with Crippen molar-refractivity contribution in [2.75, 3.05) is 32.7 Å². The number of aryl methyl sites for hydroxylation is 1. The van der Waals surface area contributed by atoms with Crippen LogP contribution in [-0.2, 0) is 0 Å². The zero-order valence-electron chi connectivity index (χ0n) is 17.9. The van der Waals surface area contributed by atoms with Crippen LogP contribution in [0.15, 0.2) is 30.3 Å². The number of hydrogen-bond acceptors (Lipinski definition) is 3. The number of Topliss-reactive ketones (excluding diaryl/α,β-unsaturated/α-hetero) is 1. The van der Waals surface area contributed by atoms with Crippen molar-refractivity contribution in [1.29, 1.82) is 0 Å². The van der Waals surface area contributed by atoms with E-state index in [1.54, 1.807) is 17.0 Å². The molecule has 1 aliphatic heterocycles. The van der Waals surface area contributed by atoms with Crippen molar-refractivity contribution in [2.24, 2.45) is 0 Å². The average Bonchev–Trinajstić information content (AvgIpc) is 3.35. The number of benzene rings is 1. The number of nitrogens with zero attached hydrogens (tertiary/aromatic N) is 3. The highest BCUT2D eigenvalue weighted by Gasteiger charge is 2.27. The summed E-state index contributed by atoms with van der Waals surface area (Å²) in [5.74, 6) is -0.405. The Kier molecular flexibility index (Phi) is 6.04. The van der Waals surface area contributed by atoms with E-state index in [2.05, 4.69) is 23.3 Å². The number of amides is 1. The van der Waals surface area contributed by atoms with Crippen molar-refractivity contribution in [3.8, 4) is 0 Å². The minimum absolute atomic E-state index is 0.150. The standard InChI is InChI=1S/C24H30FN3O2/c1-17-14-22(18(2)28(17)21-8-3-4-9-21)23(29)16-26-10-12-27(13-11-26)24(30)19-6-5-7-20(25)15-19/h5-7,14-15,21H,3-4,8-13,16H2,1-2H3. The molecule has 30 heavy (non-hydrogen) atoms. The lowest BCUT2D eigenvalue weighted by Gasteiger charge is -2.34. The zero-order valence-corrected chi connectivity index (χ0v) is 17.9. The van der Waals surface area contributed by atoms with Crippen LogP contribution in [0.5, 0.6) is 0 Å². The number of hydrogen-bond donors (Lipinski definition) is 0. The molecule has 160 valence electrons. The molecule has 2 fully saturated rings. The van der Waals surface area contributed by atoms with E-state index < -0.39 is 5.82 Å². The Bertz CT molecular complexity index is 938. The molecule has 1 aliphatic carbocycles. The molecule has 5 nitrogen and oxygen atoms in total. The van der Waals surface area contributed by atoms with E-state index in [4.69, 9.17) is 0 Å². The second-order valence-electron chi connectivity index (χ2n) is 8.59. The summed E-state index contributed by atoms with van der Waals surface area (Å²) in [7, 11) is 0. The number of halogens is 1. The molecule has 1 aromatic carbocycles. The molecule has 1 aromatic heterocycles. The van der Waals surface area contributed by atoms with Gasteiger partial charge in [0.2, 0.25) is 0 Å². The van der Waals surface area contributed by atoms with Crippen molar-refractivity contribution in [1.82, 2.24) is 14.4 Å². The molecule has 2 aromatic rings. The Morgan fingerprint density at radius 1 is 1.03 bits per heavy atom. The summed E-state index contributed by atoms with van der Waals surface area (Å²) in [5.41, 5.74) is 3.47. The second-order valence-corrected chi connectivity index (χ2v) is 8.59. The van der Waals surface area contributed by atoms with E-state index in [0.717, 1.165) is 11.3 Å². The first-order valence-electron chi connectivity index (χ1n) is 10.9. The van der Waals surface area contributed by atoms with Gasteiger partial charge in [-0.2, -0.15) is 0 Å². The Labute approximate surface area is 177 Å². The quantitative estimate of drug-likeness (QED) is 0.699. The van der Waals surface area contributed by atoms with E-state index in [1.807, 2.05) is 6.07 Å². The van der Waals surface area contributed by atoms with Crippen molar-refractivity contribution < 1.29 is 14.0 Å².